The van der Waals surface area contributed by atoms with Crippen LogP contribution in [0.4, 0.5) is 10.1 Å². The minimum absolute atomic E-state index is 0.0553. The van der Waals surface area contributed by atoms with Crippen LogP contribution in [0.3, 0.4) is 0 Å². The molecular formula is C18H25ClFNO3S. The normalized spacial score (nSPS) is 14.5. The zero-order valence-corrected chi connectivity index (χ0v) is 16.8. The Morgan fingerprint density at radius 2 is 1.88 bits per heavy atom. The summed E-state index contributed by atoms with van der Waals surface area (Å²) in [4.78, 5) is 24.6. The summed E-state index contributed by atoms with van der Waals surface area (Å²) in [6.07, 6.45) is 1.22. The summed E-state index contributed by atoms with van der Waals surface area (Å²) in [6.45, 7) is 9.11. The van der Waals surface area contributed by atoms with Crippen molar-refractivity contribution in [2.75, 3.05) is 5.32 Å². The number of carbonyl (C=O) groups excluding carboxylic acids is 2. The van der Waals surface area contributed by atoms with Crippen molar-refractivity contribution >= 4 is 40.9 Å². The van der Waals surface area contributed by atoms with Crippen LogP contribution in [0.25, 0.3) is 0 Å². The van der Waals surface area contributed by atoms with Crippen molar-refractivity contribution < 1.29 is 18.7 Å². The van der Waals surface area contributed by atoms with E-state index >= 15 is 0 Å². The Balaban J connectivity index is 2.91. The summed E-state index contributed by atoms with van der Waals surface area (Å²) >= 11 is 7.25. The molecule has 0 aliphatic heterocycles. The zero-order chi connectivity index (χ0) is 19.1. The lowest BCUT2D eigenvalue weighted by Crippen LogP contribution is -2.22. The Kier molecular flexibility index (Phi) is 8.73. The van der Waals surface area contributed by atoms with Crippen LogP contribution in [-0.2, 0) is 14.3 Å². The maximum absolute atomic E-state index is 14.1. The van der Waals surface area contributed by atoms with Gasteiger partial charge in [-0.25, -0.2) is 4.39 Å². The molecule has 0 saturated heterocycles. The average molecular weight is 390 g/mol. The zero-order valence-electron chi connectivity index (χ0n) is 15.2. The van der Waals surface area contributed by atoms with E-state index in [0.29, 0.717) is 11.3 Å². The molecule has 1 amide bonds. The van der Waals surface area contributed by atoms with E-state index in [9.17, 15) is 14.0 Å². The highest BCUT2D eigenvalue weighted by Gasteiger charge is 2.21. The summed E-state index contributed by atoms with van der Waals surface area (Å²) in [5, 5.41) is 2.25. The van der Waals surface area contributed by atoms with Crippen molar-refractivity contribution in [1.29, 1.82) is 0 Å². The number of rotatable bonds is 8. The van der Waals surface area contributed by atoms with Crippen molar-refractivity contribution in [2.24, 2.45) is 5.92 Å². The largest absolute Gasteiger partial charge is 0.462 e. The number of amides is 1. The minimum atomic E-state index is -0.610. The summed E-state index contributed by atoms with van der Waals surface area (Å²) in [5.41, 5.74) is 0.0553. The molecule has 3 atom stereocenters. The number of hydrogen-bond acceptors (Lipinski definition) is 4. The Bertz CT molecular complexity index is 627. The van der Waals surface area contributed by atoms with Gasteiger partial charge in [0.2, 0.25) is 5.91 Å². The molecule has 7 heteroatoms. The maximum Gasteiger partial charge on any atom is 0.319 e. The number of benzene rings is 1. The van der Waals surface area contributed by atoms with Crippen molar-refractivity contribution in [3.63, 3.8) is 0 Å². The number of hydrogen-bond donors (Lipinski definition) is 1. The summed E-state index contributed by atoms with van der Waals surface area (Å²) in [5.74, 6) is -1.45. The molecule has 4 nitrogen and oxygen atoms in total. The van der Waals surface area contributed by atoms with Gasteiger partial charge in [-0.1, -0.05) is 32.4 Å². The number of ether oxygens (including phenoxy) is 1. The predicted molar refractivity (Wildman–Crippen MR) is 101 cm³/mol. The molecule has 0 saturated carbocycles. The molecule has 0 bridgehead atoms. The number of anilines is 1. The number of esters is 1. The molecule has 0 spiro atoms. The van der Waals surface area contributed by atoms with Gasteiger partial charge in [-0.3, -0.25) is 9.59 Å². The molecule has 1 aromatic rings. The highest BCUT2D eigenvalue weighted by molar-refractivity contribution is 8.00. The summed E-state index contributed by atoms with van der Waals surface area (Å²) in [6, 6.07) is 2.60. The van der Waals surface area contributed by atoms with Gasteiger partial charge in [0.05, 0.1) is 16.8 Å². The van der Waals surface area contributed by atoms with E-state index in [1.54, 1.807) is 13.8 Å². The molecule has 1 aromatic carbocycles. The van der Waals surface area contributed by atoms with Gasteiger partial charge in [-0.05, 0) is 38.8 Å². The quantitative estimate of drug-likeness (QED) is 0.485. The first kappa shape index (κ1) is 21.8. The fraction of sp³-hybridized carbons (Fsp3) is 0.556. The van der Waals surface area contributed by atoms with Crippen LogP contribution in [0, 0.1) is 11.7 Å². The first-order chi connectivity index (χ1) is 11.7. The van der Waals surface area contributed by atoms with Gasteiger partial charge in [0.15, 0.2) is 0 Å². The van der Waals surface area contributed by atoms with Gasteiger partial charge in [0.25, 0.3) is 0 Å². The second-order valence-corrected chi connectivity index (χ2v) is 7.77. The summed E-state index contributed by atoms with van der Waals surface area (Å²) < 4.78 is 19.4. The van der Waals surface area contributed by atoms with E-state index in [1.807, 2.05) is 20.8 Å². The van der Waals surface area contributed by atoms with Crippen LogP contribution in [-0.4, -0.2) is 23.2 Å². The smallest absolute Gasteiger partial charge is 0.319 e. The molecule has 0 aliphatic rings. The average Bonchev–Trinajstić information content (AvgIpc) is 2.57. The van der Waals surface area contributed by atoms with E-state index in [2.05, 4.69) is 5.32 Å². The van der Waals surface area contributed by atoms with Gasteiger partial charge in [-0.2, -0.15) is 0 Å². The van der Waals surface area contributed by atoms with Gasteiger partial charge >= 0.3 is 5.97 Å². The second-order valence-electron chi connectivity index (χ2n) is 5.98. The molecule has 1 rings (SSSR count). The third kappa shape index (κ3) is 6.51. The van der Waals surface area contributed by atoms with Crippen LogP contribution in [0.2, 0.25) is 5.02 Å². The number of nitrogens with one attached hydrogen (secondary N) is 1. The lowest BCUT2D eigenvalue weighted by molar-refractivity contribution is -0.147. The first-order valence-corrected chi connectivity index (χ1v) is 9.62. The van der Waals surface area contributed by atoms with Crippen LogP contribution >= 0.6 is 23.4 Å². The molecule has 0 aromatic heterocycles. The lowest BCUT2D eigenvalue weighted by Gasteiger charge is -2.17. The van der Waals surface area contributed by atoms with Gasteiger partial charge < -0.3 is 10.1 Å². The van der Waals surface area contributed by atoms with Crippen LogP contribution < -0.4 is 5.32 Å². The minimum Gasteiger partial charge on any atom is -0.462 e. The topological polar surface area (TPSA) is 55.4 Å². The van der Waals surface area contributed by atoms with Crippen LogP contribution in [0.1, 0.15) is 47.5 Å². The number of halogens is 2. The number of carbonyl (C=O) groups is 2. The van der Waals surface area contributed by atoms with Crippen molar-refractivity contribution in [3.05, 3.63) is 23.0 Å². The molecule has 0 fully saturated rings. The van der Waals surface area contributed by atoms with E-state index in [4.69, 9.17) is 16.3 Å². The van der Waals surface area contributed by atoms with Crippen molar-refractivity contribution in [1.82, 2.24) is 0 Å². The van der Waals surface area contributed by atoms with Crippen LogP contribution in [0.5, 0.6) is 0 Å². The SMILES string of the molecule is CCC(C)OC(=O)C(C)Sc1cc(NC(=O)C(C)CC)c(F)cc1Cl. The van der Waals surface area contributed by atoms with E-state index in [1.165, 1.54) is 17.8 Å². The van der Waals surface area contributed by atoms with Crippen molar-refractivity contribution in [3.8, 4) is 0 Å². The lowest BCUT2D eigenvalue weighted by atomic mass is 10.1. The Hall–Kier alpha value is -1.27. The predicted octanol–water partition coefficient (Wildman–Crippen LogP) is 5.29. The Morgan fingerprint density at radius 1 is 1.24 bits per heavy atom. The van der Waals surface area contributed by atoms with Crippen molar-refractivity contribution in [2.45, 2.75) is 63.7 Å². The molecular weight excluding hydrogens is 365 g/mol. The highest BCUT2D eigenvalue weighted by atomic mass is 35.5. The molecule has 0 heterocycles. The van der Waals surface area contributed by atoms with E-state index in [0.717, 1.165) is 12.5 Å². The monoisotopic (exact) mass is 389 g/mol. The molecule has 25 heavy (non-hydrogen) atoms. The molecule has 3 unspecified atom stereocenters. The standard InChI is InChI=1S/C18H25ClFNO3S/c1-6-10(3)17(22)21-15-9-16(13(19)8-14(15)20)25-12(5)18(23)24-11(4)7-2/h8-12H,6-7H2,1-5H3,(H,21,22). The third-order valence-corrected chi connectivity index (χ3v) is 5.43. The third-order valence-electron chi connectivity index (χ3n) is 3.87. The highest BCUT2D eigenvalue weighted by Crippen LogP contribution is 2.35. The van der Waals surface area contributed by atoms with Gasteiger partial charge in [0.1, 0.15) is 11.1 Å². The number of thioether (sulfide) groups is 1. The van der Waals surface area contributed by atoms with Gasteiger partial charge in [0, 0.05) is 10.8 Å². The fourth-order valence-electron chi connectivity index (χ4n) is 1.77. The molecule has 1 N–H and O–H groups in total. The first-order valence-electron chi connectivity index (χ1n) is 8.36. The van der Waals surface area contributed by atoms with E-state index in [-0.39, 0.29) is 34.6 Å². The Morgan fingerprint density at radius 3 is 2.44 bits per heavy atom. The fourth-order valence-corrected chi connectivity index (χ4v) is 2.95. The summed E-state index contributed by atoms with van der Waals surface area (Å²) in [7, 11) is 0. The van der Waals surface area contributed by atoms with Gasteiger partial charge in [-0.15, -0.1) is 11.8 Å². The van der Waals surface area contributed by atoms with E-state index < -0.39 is 11.1 Å². The van der Waals surface area contributed by atoms with Crippen LogP contribution in [0.15, 0.2) is 17.0 Å². The second kappa shape index (κ2) is 10.0. The maximum atomic E-state index is 14.1. The molecule has 140 valence electrons. The molecule has 0 radical (unpaired) electrons. The molecule has 0 aliphatic carbocycles. The Labute approximate surface area is 157 Å².